The number of quaternary nitrogens is 1. The van der Waals surface area contributed by atoms with E-state index in [1.165, 1.54) is 173 Å². The molecule has 0 aliphatic heterocycles. The largest absolute Gasteiger partial charge is 0.756 e. The monoisotopic (exact) mass is 870 g/mol. The molecule has 0 saturated heterocycles. The molecule has 2 atom stereocenters. The lowest BCUT2D eigenvalue weighted by atomic mass is 10.0. The number of esters is 1. The van der Waals surface area contributed by atoms with Gasteiger partial charge in [-0.3, -0.25) is 9.36 Å². The molecule has 0 fully saturated rings. The van der Waals surface area contributed by atoms with Crippen molar-refractivity contribution < 1.29 is 37.3 Å². The molecule has 356 valence electrons. The highest BCUT2D eigenvalue weighted by molar-refractivity contribution is 7.45. The maximum absolute atomic E-state index is 12.7. The Balaban J connectivity index is 4.13. The van der Waals surface area contributed by atoms with Gasteiger partial charge in [-0.1, -0.05) is 212 Å². The lowest BCUT2D eigenvalue weighted by molar-refractivity contribution is -0.870. The first kappa shape index (κ1) is 59.0. The van der Waals surface area contributed by atoms with Gasteiger partial charge >= 0.3 is 5.97 Å². The van der Waals surface area contributed by atoms with Crippen LogP contribution in [0.2, 0.25) is 0 Å². The van der Waals surface area contributed by atoms with Crippen molar-refractivity contribution in [3.8, 4) is 0 Å². The van der Waals surface area contributed by atoms with Gasteiger partial charge in [0.25, 0.3) is 7.82 Å². The minimum absolute atomic E-state index is 0.0267. The van der Waals surface area contributed by atoms with Gasteiger partial charge in [-0.25, -0.2) is 0 Å². The average Bonchev–Trinajstić information content (AvgIpc) is 3.20. The second-order valence-electron chi connectivity index (χ2n) is 18.5. The van der Waals surface area contributed by atoms with Crippen LogP contribution in [0.1, 0.15) is 239 Å². The number of unbranched alkanes of at least 4 members (excludes halogenated alkanes) is 30. The molecule has 8 nitrogen and oxygen atoms in total. The van der Waals surface area contributed by atoms with Gasteiger partial charge in [-0.15, -0.1) is 0 Å². The van der Waals surface area contributed by atoms with Crippen molar-refractivity contribution >= 4 is 13.8 Å². The zero-order chi connectivity index (χ0) is 44.1. The van der Waals surface area contributed by atoms with Crippen molar-refractivity contribution in [2.24, 2.45) is 0 Å². The molecule has 0 rings (SSSR count). The molecule has 2 unspecified atom stereocenters. The van der Waals surface area contributed by atoms with Crippen LogP contribution in [0.25, 0.3) is 0 Å². The quantitative estimate of drug-likeness (QED) is 0.0198. The first-order chi connectivity index (χ1) is 29.1. The van der Waals surface area contributed by atoms with Crippen molar-refractivity contribution in [1.82, 2.24) is 0 Å². The summed E-state index contributed by atoms with van der Waals surface area (Å²) >= 11 is 0. The lowest BCUT2D eigenvalue weighted by Crippen LogP contribution is -2.37. The van der Waals surface area contributed by atoms with E-state index < -0.39 is 13.9 Å². The third-order valence-corrected chi connectivity index (χ3v) is 12.2. The standard InChI is InChI=1S/C51H100NO7P/c1-6-8-10-12-14-16-18-20-22-24-26-27-29-31-33-35-37-39-41-43-46-56-48-50(49-58-60(54,55)57-47-45-52(3,4)5)59-51(53)44-42-40-38-36-34-32-30-28-25-23-21-19-17-15-13-11-9-7-2/h17,19,23,25,50H,6-16,18,20-22,24,26-49H2,1-5H3/b19-17-,25-23-. The summed E-state index contributed by atoms with van der Waals surface area (Å²) in [7, 11) is 1.36. The minimum Gasteiger partial charge on any atom is -0.756 e. The highest BCUT2D eigenvalue weighted by atomic mass is 31.2. The molecule has 0 aliphatic carbocycles. The van der Waals surface area contributed by atoms with Crippen LogP contribution in [0.4, 0.5) is 0 Å². The average molecular weight is 870 g/mol. The molecular formula is C51H100NO7P. The summed E-state index contributed by atoms with van der Waals surface area (Å²) < 4.78 is 34.7. The van der Waals surface area contributed by atoms with Crippen LogP contribution < -0.4 is 4.89 Å². The third-order valence-electron chi connectivity index (χ3n) is 11.3. The van der Waals surface area contributed by atoms with Crippen molar-refractivity contribution in [3.63, 3.8) is 0 Å². The van der Waals surface area contributed by atoms with Crippen molar-refractivity contribution in [3.05, 3.63) is 24.3 Å². The molecule has 0 aromatic carbocycles. The molecule has 0 heterocycles. The summed E-state index contributed by atoms with van der Waals surface area (Å²) in [5.41, 5.74) is 0. The Bertz CT molecular complexity index is 1010. The maximum atomic E-state index is 12.7. The molecule has 0 spiro atoms. The second-order valence-corrected chi connectivity index (χ2v) is 19.9. The molecule has 60 heavy (non-hydrogen) atoms. The predicted molar refractivity (Wildman–Crippen MR) is 254 cm³/mol. The van der Waals surface area contributed by atoms with Gasteiger partial charge < -0.3 is 27.9 Å². The highest BCUT2D eigenvalue weighted by Crippen LogP contribution is 2.38. The summed E-state index contributed by atoms with van der Waals surface area (Å²) in [6.45, 7) is 5.44. The van der Waals surface area contributed by atoms with Crippen molar-refractivity contribution in [2.75, 3.05) is 54.1 Å². The van der Waals surface area contributed by atoms with Gasteiger partial charge in [0.2, 0.25) is 0 Å². The van der Waals surface area contributed by atoms with E-state index in [0.29, 0.717) is 24.1 Å². The van der Waals surface area contributed by atoms with E-state index in [1.807, 2.05) is 21.1 Å². The molecule has 0 saturated carbocycles. The van der Waals surface area contributed by atoms with Crippen LogP contribution in [0.5, 0.6) is 0 Å². The van der Waals surface area contributed by atoms with Crippen LogP contribution in [-0.2, 0) is 27.9 Å². The van der Waals surface area contributed by atoms with Crippen LogP contribution >= 0.6 is 7.82 Å². The smallest absolute Gasteiger partial charge is 0.306 e. The van der Waals surface area contributed by atoms with E-state index >= 15 is 0 Å². The zero-order valence-corrected chi connectivity index (χ0v) is 41.3. The number of hydrogen-bond donors (Lipinski definition) is 0. The van der Waals surface area contributed by atoms with E-state index in [9.17, 15) is 14.3 Å². The molecule has 0 radical (unpaired) electrons. The molecule has 0 aromatic rings. The minimum atomic E-state index is -4.53. The van der Waals surface area contributed by atoms with Crippen molar-refractivity contribution in [1.29, 1.82) is 0 Å². The van der Waals surface area contributed by atoms with Gasteiger partial charge in [0.1, 0.15) is 19.3 Å². The summed E-state index contributed by atoms with van der Waals surface area (Å²) in [4.78, 5) is 25.2. The summed E-state index contributed by atoms with van der Waals surface area (Å²) in [5.74, 6) is -0.337. The Morgan fingerprint density at radius 1 is 0.517 bits per heavy atom. The molecular weight excluding hydrogens is 770 g/mol. The Kier molecular flexibility index (Phi) is 43.8. The molecule has 0 bridgehead atoms. The van der Waals surface area contributed by atoms with Crippen molar-refractivity contribution in [2.45, 2.75) is 245 Å². The van der Waals surface area contributed by atoms with Crippen LogP contribution in [0, 0.1) is 0 Å². The highest BCUT2D eigenvalue weighted by Gasteiger charge is 2.20. The van der Waals surface area contributed by atoms with Gasteiger partial charge in [0.15, 0.2) is 0 Å². The topological polar surface area (TPSA) is 94.1 Å². The molecule has 0 aliphatic rings. The number of nitrogens with zero attached hydrogens (tertiary/aromatic N) is 1. The molecule has 0 N–H and O–H groups in total. The second kappa shape index (κ2) is 44.6. The number of phosphoric ester groups is 1. The van der Waals surface area contributed by atoms with E-state index in [0.717, 1.165) is 44.9 Å². The zero-order valence-electron chi connectivity index (χ0n) is 40.4. The number of carbonyl (C=O) groups is 1. The Labute approximate surface area is 373 Å². The number of likely N-dealkylation sites (N-methyl/N-ethyl adjacent to an activating group) is 1. The molecule has 9 heteroatoms. The third kappa shape index (κ3) is 48.0. The number of hydrogen-bond acceptors (Lipinski definition) is 7. The van der Waals surface area contributed by atoms with E-state index in [-0.39, 0.29) is 25.8 Å². The molecule has 0 aromatic heterocycles. The van der Waals surface area contributed by atoms with E-state index in [2.05, 4.69) is 38.2 Å². The Hall–Kier alpha value is -1.02. The first-order valence-corrected chi connectivity index (χ1v) is 27.0. The summed E-state index contributed by atoms with van der Waals surface area (Å²) in [5, 5.41) is 0. The van der Waals surface area contributed by atoms with Gasteiger partial charge in [-0.05, 0) is 44.9 Å². The molecule has 0 amide bonds. The number of rotatable bonds is 48. The van der Waals surface area contributed by atoms with Gasteiger partial charge in [-0.2, -0.15) is 0 Å². The fourth-order valence-corrected chi connectivity index (χ4v) is 8.01. The maximum Gasteiger partial charge on any atom is 0.306 e. The Morgan fingerprint density at radius 2 is 0.917 bits per heavy atom. The lowest BCUT2D eigenvalue weighted by Gasteiger charge is -2.28. The first-order valence-electron chi connectivity index (χ1n) is 25.6. The van der Waals surface area contributed by atoms with Gasteiger partial charge in [0, 0.05) is 13.0 Å². The van der Waals surface area contributed by atoms with Crippen LogP contribution in [0.15, 0.2) is 24.3 Å². The number of phosphoric acid groups is 1. The number of allylic oxidation sites excluding steroid dienone is 4. The number of carbonyl (C=O) groups excluding carboxylic acids is 1. The van der Waals surface area contributed by atoms with E-state index in [4.69, 9.17) is 18.5 Å². The van der Waals surface area contributed by atoms with Crippen LogP contribution in [0.3, 0.4) is 0 Å². The Morgan fingerprint density at radius 3 is 1.37 bits per heavy atom. The SMILES string of the molecule is CCCCCC/C=C\C/C=C\CCCCCCCCCC(=O)OC(COCCCCCCCCCCCCCCCCCCCCCC)COP(=O)([O-])OCC[N+](C)(C)C. The fraction of sp³-hybridized carbons (Fsp3) is 0.902. The summed E-state index contributed by atoms with van der Waals surface area (Å²) in [6, 6.07) is 0. The predicted octanol–water partition coefficient (Wildman–Crippen LogP) is 14.9. The van der Waals surface area contributed by atoms with Gasteiger partial charge in [0.05, 0.1) is 34.4 Å². The normalized spacial score (nSPS) is 13.8. The summed E-state index contributed by atoms with van der Waals surface area (Å²) in [6.07, 6.45) is 52.0. The number of ether oxygens (including phenoxy) is 2. The fourth-order valence-electron chi connectivity index (χ4n) is 7.28. The van der Waals surface area contributed by atoms with Crippen LogP contribution in [-0.4, -0.2) is 70.7 Å². The van der Waals surface area contributed by atoms with E-state index in [1.54, 1.807) is 0 Å².